The molecule has 2 rings (SSSR count). The molecule has 1 saturated heterocycles. The molecule has 1 aliphatic heterocycles. The molecule has 4 nitrogen and oxygen atoms in total. The molecule has 1 aliphatic rings. The van der Waals surface area contributed by atoms with Crippen LogP contribution in [0.4, 0.5) is 5.69 Å². The van der Waals surface area contributed by atoms with E-state index < -0.39 is 0 Å². The second kappa shape index (κ2) is 5.21. The summed E-state index contributed by atoms with van der Waals surface area (Å²) in [6.07, 6.45) is 2.36. The first-order valence-corrected chi connectivity index (χ1v) is 6.29. The van der Waals surface area contributed by atoms with Crippen molar-refractivity contribution in [1.82, 2.24) is 4.90 Å². The van der Waals surface area contributed by atoms with Gasteiger partial charge in [-0.2, -0.15) is 0 Å². The number of hydrogen-bond acceptors (Lipinski definition) is 4. The maximum Gasteiger partial charge on any atom is 0.159 e. The molecule has 3 N–H and O–H groups in total. The fraction of sp³-hybridized carbons (Fsp3) is 0.429. The number of benzene rings is 1. The van der Waals surface area contributed by atoms with Crippen molar-refractivity contribution < 1.29 is 10.2 Å². The first-order valence-electron chi connectivity index (χ1n) is 6.29. The molecule has 0 radical (unpaired) electrons. The van der Waals surface area contributed by atoms with Crippen LogP contribution in [-0.2, 0) is 0 Å². The van der Waals surface area contributed by atoms with Crippen LogP contribution in [0.3, 0.4) is 0 Å². The van der Waals surface area contributed by atoms with Gasteiger partial charge >= 0.3 is 0 Å². The Bertz CT molecular complexity index is 437. The van der Waals surface area contributed by atoms with Gasteiger partial charge in [-0.1, -0.05) is 13.5 Å². The van der Waals surface area contributed by atoms with Crippen molar-refractivity contribution in [2.24, 2.45) is 5.92 Å². The Morgan fingerprint density at radius 1 is 1.28 bits per heavy atom. The van der Waals surface area contributed by atoms with Crippen molar-refractivity contribution in [3.05, 3.63) is 30.6 Å². The first kappa shape index (κ1) is 12.6. The highest BCUT2D eigenvalue weighted by atomic mass is 16.3. The lowest BCUT2D eigenvalue weighted by Gasteiger charge is -2.33. The molecular formula is C14H20N2O2. The van der Waals surface area contributed by atoms with Gasteiger partial charge in [-0.25, -0.2) is 0 Å². The minimum absolute atomic E-state index is 0.113. The molecule has 0 aliphatic carbocycles. The van der Waals surface area contributed by atoms with Crippen molar-refractivity contribution >= 4 is 5.69 Å². The summed E-state index contributed by atoms with van der Waals surface area (Å²) < 4.78 is 0. The molecule has 0 bridgehead atoms. The number of phenols is 2. The Hall–Kier alpha value is -1.84. The van der Waals surface area contributed by atoms with E-state index in [9.17, 15) is 10.2 Å². The zero-order valence-corrected chi connectivity index (χ0v) is 10.7. The first-order chi connectivity index (χ1) is 8.56. The maximum atomic E-state index is 9.42. The molecule has 1 aromatic rings. The SMILES string of the molecule is C=C(Nc1ccc(O)c(O)c1)N1CCC(C)CC1. The average molecular weight is 248 g/mol. The van der Waals surface area contributed by atoms with Gasteiger partial charge in [-0.3, -0.25) is 0 Å². The third-order valence-electron chi connectivity index (χ3n) is 3.43. The third-order valence-corrected chi connectivity index (χ3v) is 3.43. The number of anilines is 1. The number of nitrogens with zero attached hydrogens (tertiary/aromatic N) is 1. The number of piperidine rings is 1. The lowest BCUT2D eigenvalue weighted by atomic mass is 9.99. The Morgan fingerprint density at radius 2 is 1.94 bits per heavy atom. The second-order valence-corrected chi connectivity index (χ2v) is 4.94. The molecule has 4 heteroatoms. The molecule has 0 spiro atoms. The van der Waals surface area contributed by atoms with E-state index in [1.165, 1.54) is 25.0 Å². The zero-order valence-electron chi connectivity index (χ0n) is 10.7. The van der Waals surface area contributed by atoms with Crippen LogP contribution in [0.5, 0.6) is 11.5 Å². The van der Waals surface area contributed by atoms with Gasteiger partial charge in [0.1, 0.15) is 0 Å². The summed E-state index contributed by atoms with van der Waals surface area (Å²) >= 11 is 0. The number of rotatable bonds is 3. The molecule has 1 fully saturated rings. The number of nitrogens with one attached hydrogen (secondary N) is 1. The number of hydrogen-bond donors (Lipinski definition) is 3. The van der Waals surface area contributed by atoms with Gasteiger partial charge in [0.05, 0.1) is 5.82 Å². The van der Waals surface area contributed by atoms with Crippen LogP contribution < -0.4 is 5.32 Å². The number of phenolic OH excluding ortho intramolecular Hbond substituents is 2. The largest absolute Gasteiger partial charge is 0.504 e. The molecule has 0 saturated carbocycles. The van der Waals surface area contributed by atoms with Gasteiger partial charge in [-0.15, -0.1) is 0 Å². The van der Waals surface area contributed by atoms with E-state index in [-0.39, 0.29) is 11.5 Å². The Kier molecular flexibility index (Phi) is 3.65. The van der Waals surface area contributed by atoms with E-state index in [4.69, 9.17) is 0 Å². The highest BCUT2D eigenvalue weighted by molar-refractivity contribution is 5.55. The standard InChI is InChI=1S/C14H20N2O2/c1-10-5-7-16(8-6-10)11(2)15-12-3-4-13(17)14(18)9-12/h3-4,9-10,15,17-18H,2,5-8H2,1H3. The smallest absolute Gasteiger partial charge is 0.159 e. The van der Waals surface area contributed by atoms with E-state index in [2.05, 4.69) is 23.7 Å². The van der Waals surface area contributed by atoms with Gasteiger partial charge in [0.15, 0.2) is 11.5 Å². The molecule has 18 heavy (non-hydrogen) atoms. The van der Waals surface area contributed by atoms with Gasteiger partial charge < -0.3 is 20.4 Å². The predicted molar refractivity (Wildman–Crippen MR) is 72.5 cm³/mol. The van der Waals surface area contributed by atoms with Crippen LogP contribution in [0.2, 0.25) is 0 Å². The maximum absolute atomic E-state index is 9.42. The predicted octanol–water partition coefficient (Wildman–Crippen LogP) is 2.71. The fourth-order valence-electron chi connectivity index (χ4n) is 2.13. The number of likely N-dealkylation sites (tertiary alicyclic amines) is 1. The van der Waals surface area contributed by atoms with E-state index in [1.54, 1.807) is 6.07 Å². The Balaban J connectivity index is 1.96. The van der Waals surface area contributed by atoms with E-state index in [0.29, 0.717) is 0 Å². The van der Waals surface area contributed by atoms with Crippen LogP contribution in [0.25, 0.3) is 0 Å². The van der Waals surface area contributed by atoms with Gasteiger partial charge in [0.2, 0.25) is 0 Å². The highest BCUT2D eigenvalue weighted by Crippen LogP contribution is 2.28. The van der Waals surface area contributed by atoms with Crippen molar-refractivity contribution in [2.45, 2.75) is 19.8 Å². The Labute approximate surface area is 108 Å². The van der Waals surface area contributed by atoms with Crippen molar-refractivity contribution in [3.63, 3.8) is 0 Å². The van der Waals surface area contributed by atoms with Crippen LogP contribution >= 0.6 is 0 Å². The highest BCUT2D eigenvalue weighted by Gasteiger charge is 2.16. The molecule has 1 heterocycles. The third kappa shape index (κ3) is 2.88. The van der Waals surface area contributed by atoms with Crippen molar-refractivity contribution in [3.8, 4) is 11.5 Å². The van der Waals surface area contributed by atoms with E-state index in [1.807, 2.05) is 0 Å². The summed E-state index contributed by atoms with van der Waals surface area (Å²) in [5.41, 5.74) is 0.730. The van der Waals surface area contributed by atoms with Gasteiger partial charge in [0, 0.05) is 24.8 Å². The van der Waals surface area contributed by atoms with Gasteiger partial charge in [-0.05, 0) is 30.9 Å². The Morgan fingerprint density at radius 3 is 2.56 bits per heavy atom. The monoisotopic (exact) mass is 248 g/mol. The lowest BCUT2D eigenvalue weighted by molar-refractivity contribution is 0.240. The average Bonchev–Trinajstić information content (AvgIpc) is 2.34. The minimum Gasteiger partial charge on any atom is -0.504 e. The molecule has 0 unspecified atom stereocenters. The molecule has 98 valence electrons. The summed E-state index contributed by atoms with van der Waals surface area (Å²) in [4.78, 5) is 2.21. The summed E-state index contributed by atoms with van der Waals surface area (Å²) in [6, 6.07) is 4.67. The van der Waals surface area contributed by atoms with E-state index >= 15 is 0 Å². The van der Waals surface area contributed by atoms with Crippen molar-refractivity contribution in [1.29, 1.82) is 0 Å². The quantitative estimate of drug-likeness (QED) is 0.568. The van der Waals surface area contributed by atoms with Crippen LogP contribution in [-0.4, -0.2) is 28.2 Å². The summed E-state index contributed by atoms with van der Waals surface area (Å²) in [6.45, 7) is 8.31. The zero-order chi connectivity index (χ0) is 13.1. The molecular weight excluding hydrogens is 228 g/mol. The topological polar surface area (TPSA) is 55.7 Å². The molecule has 1 aromatic carbocycles. The summed E-state index contributed by atoms with van der Waals surface area (Å²) in [5, 5.41) is 21.8. The number of aromatic hydroxyl groups is 2. The van der Waals surface area contributed by atoms with Gasteiger partial charge in [0.25, 0.3) is 0 Å². The van der Waals surface area contributed by atoms with E-state index in [0.717, 1.165) is 30.5 Å². The second-order valence-electron chi connectivity index (χ2n) is 4.94. The van der Waals surface area contributed by atoms with Crippen LogP contribution in [0.1, 0.15) is 19.8 Å². The lowest BCUT2D eigenvalue weighted by Crippen LogP contribution is -2.34. The molecule has 0 aromatic heterocycles. The summed E-state index contributed by atoms with van der Waals surface area (Å²) in [7, 11) is 0. The normalized spacial score (nSPS) is 16.6. The summed E-state index contributed by atoms with van der Waals surface area (Å²) in [5.74, 6) is 1.39. The van der Waals surface area contributed by atoms with Crippen LogP contribution in [0, 0.1) is 5.92 Å². The fourth-order valence-corrected chi connectivity index (χ4v) is 2.13. The minimum atomic E-state index is -0.125. The molecule has 0 amide bonds. The van der Waals surface area contributed by atoms with Crippen LogP contribution in [0.15, 0.2) is 30.6 Å². The molecule has 0 atom stereocenters. The van der Waals surface area contributed by atoms with Crippen molar-refractivity contribution in [2.75, 3.05) is 18.4 Å².